The van der Waals surface area contributed by atoms with Gasteiger partial charge in [0.1, 0.15) is 6.04 Å². The van der Waals surface area contributed by atoms with Gasteiger partial charge in [0.2, 0.25) is 0 Å². The summed E-state index contributed by atoms with van der Waals surface area (Å²) in [6.45, 7) is 8.65. The highest BCUT2D eigenvalue weighted by Crippen LogP contribution is 2.41. The van der Waals surface area contributed by atoms with Crippen molar-refractivity contribution >= 4 is 5.97 Å². The van der Waals surface area contributed by atoms with E-state index in [1.165, 1.54) is 0 Å². The first-order valence-corrected chi connectivity index (χ1v) is 5.86. The molecule has 2 fully saturated rings. The van der Waals surface area contributed by atoms with Gasteiger partial charge in [0, 0.05) is 13.1 Å². The first-order chi connectivity index (χ1) is 6.89. The van der Waals surface area contributed by atoms with Gasteiger partial charge in [-0.2, -0.15) is 0 Å². The Morgan fingerprint density at radius 3 is 2.20 bits per heavy atom. The topological polar surface area (TPSA) is 40.5 Å². The van der Waals surface area contributed by atoms with E-state index in [2.05, 4.69) is 25.7 Å². The van der Waals surface area contributed by atoms with Gasteiger partial charge >= 0.3 is 5.97 Å². The minimum absolute atomic E-state index is 0.191. The Labute approximate surface area is 91.5 Å². The Morgan fingerprint density at radius 2 is 1.87 bits per heavy atom. The van der Waals surface area contributed by atoms with Crippen molar-refractivity contribution in [2.24, 2.45) is 17.3 Å². The van der Waals surface area contributed by atoms with Crippen LogP contribution in [0.3, 0.4) is 0 Å². The molecule has 0 aromatic carbocycles. The first-order valence-electron chi connectivity index (χ1n) is 5.86. The monoisotopic (exact) mass is 211 g/mol. The van der Waals surface area contributed by atoms with E-state index in [1.807, 2.05) is 0 Å². The molecule has 0 amide bonds. The molecule has 0 radical (unpaired) electrons. The SMILES string of the molecule is CC(C)(C)C1CN(C(C(=O)O)C2CC2)C1. The second-order valence-corrected chi connectivity index (χ2v) is 6.14. The summed E-state index contributed by atoms with van der Waals surface area (Å²) in [4.78, 5) is 13.3. The highest BCUT2D eigenvalue weighted by molar-refractivity contribution is 5.74. The molecule has 1 heterocycles. The lowest BCUT2D eigenvalue weighted by Gasteiger charge is -2.48. The van der Waals surface area contributed by atoms with E-state index < -0.39 is 5.97 Å². The van der Waals surface area contributed by atoms with Crippen LogP contribution in [0.2, 0.25) is 0 Å². The van der Waals surface area contributed by atoms with Gasteiger partial charge in [-0.05, 0) is 30.1 Å². The lowest BCUT2D eigenvalue weighted by molar-refractivity contribution is -0.149. The molecule has 1 aliphatic carbocycles. The van der Waals surface area contributed by atoms with Gasteiger partial charge < -0.3 is 5.11 Å². The summed E-state index contributed by atoms with van der Waals surface area (Å²) in [5, 5.41) is 9.17. The van der Waals surface area contributed by atoms with Gasteiger partial charge in [0.15, 0.2) is 0 Å². The minimum Gasteiger partial charge on any atom is -0.480 e. The summed E-state index contributed by atoms with van der Waals surface area (Å²) in [5.41, 5.74) is 0.323. The van der Waals surface area contributed by atoms with Crippen LogP contribution in [0.1, 0.15) is 33.6 Å². The van der Waals surface area contributed by atoms with Crippen molar-refractivity contribution in [1.29, 1.82) is 0 Å². The summed E-state index contributed by atoms with van der Waals surface area (Å²) >= 11 is 0. The zero-order chi connectivity index (χ0) is 11.2. The van der Waals surface area contributed by atoms with Gasteiger partial charge in [0.25, 0.3) is 0 Å². The summed E-state index contributed by atoms with van der Waals surface area (Å²) in [6, 6.07) is -0.191. The summed E-state index contributed by atoms with van der Waals surface area (Å²) in [5.74, 6) is 0.478. The Bertz CT molecular complexity index is 259. The molecule has 15 heavy (non-hydrogen) atoms. The van der Waals surface area contributed by atoms with Crippen LogP contribution in [-0.2, 0) is 4.79 Å². The fourth-order valence-electron chi connectivity index (χ4n) is 2.36. The number of carboxylic acids is 1. The third kappa shape index (κ3) is 2.17. The average molecular weight is 211 g/mol. The molecular weight excluding hydrogens is 190 g/mol. The van der Waals surface area contributed by atoms with Crippen molar-refractivity contribution in [2.75, 3.05) is 13.1 Å². The van der Waals surface area contributed by atoms with Crippen LogP contribution in [0.25, 0.3) is 0 Å². The van der Waals surface area contributed by atoms with Gasteiger partial charge in [0.05, 0.1) is 0 Å². The predicted molar refractivity (Wildman–Crippen MR) is 58.7 cm³/mol. The maximum Gasteiger partial charge on any atom is 0.321 e. The quantitative estimate of drug-likeness (QED) is 0.774. The molecule has 1 aliphatic heterocycles. The molecule has 1 N–H and O–H groups in total. The standard InChI is InChI=1S/C12H21NO2/c1-12(2,3)9-6-13(7-9)10(11(14)15)8-4-5-8/h8-10H,4-7H2,1-3H3,(H,14,15). The minimum atomic E-state index is -0.621. The fourth-order valence-corrected chi connectivity index (χ4v) is 2.36. The molecule has 1 atom stereocenters. The zero-order valence-corrected chi connectivity index (χ0v) is 9.86. The lowest BCUT2D eigenvalue weighted by atomic mass is 9.75. The number of carbonyl (C=O) groups is 1. The van der Waals surface area contributed by atoms with E-state index in [1.54, 1.807) is 0 Å². The van der Waals surface area contributed by atoms with E-state index in [9.17, 15) is 4.79 Å². The maximum atomic E-state index is 11.1. The molecule has 1 saturated heterocycles. The summed E-state index contributed by atoms with van der Waals surface area (Å²) in [7, 11) is 0. The van der Waals surface area contributed by atoms with Gasteiger partial charge in [-0.15, -0.1) is 0 Å². The smallest absolute Gasteiger partial charge is 0.321 e. The molecule has 0 aromatic rings. The predicted octanol–water partition coefficient (Wildman–Crippen LogP) is 1.83. The molecule has 2 rings (SSSR count). The zero-order valence-electron chi connectivity index (χ0n) is 9.86. The van der Waals surface area contributed by atoms with Gasteiger partial charge in [-0.3, -0.25) is 9.69 Å². The molecule has 2 aliphatic rings. The third-order valence-electron chi connectivity index (χ3n) is 3.85. The lowest BCUT2D eigenvalue weighted by Crippen LogP contribution is -2.58. The van der Waals surface area contributed by atoms with Crippen molar-refractivity contribution in [2.45, 2.75) is 39.7 Å². The second kappa shape index (κ2) is 3.48. The molecule has 0 aromatic heterocycles. The number of hydrogen-bond acceptors (Lipinski definition) is 2. The molecule has 86 valence electrons. The number of carboxylic acid groups (broad SMARTS) is 1. The third-order valence-corrected chi connectivity index (χ3v) is 3.85. The Balaban J connectivity index is 1.89. The largest absolute Gasteiger partial charge is 0.480 e. The van der Waals surface area contributed by atoms with E-state index in [0.717, 1.165) is 25.9 Å². The summed E-state index contributed by atoms with van der Waals surface area (Å²) < 4.78 is 0. The van der Waals surface area contributed by atoms with Crippen LogP contribution in [0, 0.1) is 17.3 Å². The van der Waals surface area contributed by atoms with Crippen LogP contribution in [-0.4, -0.2) is 35.1 Å². The summed E-state index contributed by atoms with van der Waals surface area (Å²) in [6.07, 6.45) is 2.21. The molecule has 1 unspecified atom stereocenters. The maximum absolute atomic E-state index is 11.1. The van der Waals surface area contributed by atoms with E-state index in [4.69, 9.17) is 5.11 Å². The molecular formula is C12H21NO2. The van der Waals surface area contributed by atoms with E-state index >= 15 is 0 Å². The molecule has 1 saturated carbocycles. The van der Waals surface area contributed by atoms with Gasteiger partial charge in [-0.25, -0.2) is 0 Å². The molecule has 0 bridgehead atoms. The van der Waals surface area contributed by atoms with E-state index in [0.29, 0.717) is 17.3 Å². The van der Waals surface area contributed by atoms with Crippen molar-refractivity contribution in [3.63, 3.8) is 0 Å². The molecule has 0 spiro atoms. The van der Waals surface area contributed by atoms with Crippen LogP contribution in [0.4, 0.5) is 0 Å². The molecule has 3 heteroatoms. The van der Waals surface area contributed by atoms with Crippen LogP contribution in [0.15, 0.2) is 0 Å². The Kier molecular flexibility index (Phi) is 2.53. The fraction of sp³-hybridized carbons (Fsp3) is 0.917. The molecule has 3 nitrogen and oxygen atoms in total. The number of hydrogen-bond donors (Lipinski definition) is 1. The van der Waals surface area contributed by atoms with Crippen molar-refractivity contribution in [1.82, 2.24) is 4.90 Å². The Morgan fingerprint density at radius 1 is 1.33 bits per heavy atom. The van der Waals surface area contributed by atoms with Crippen molar-refractivity contribution in [3.8, 4) is 0 Å². The number of nitrogens with zero attached hydrogens (tertiary/aromatic N) is 1. The number of likely N-dealkylation sites (tertiary alicyclic amines) is 1. The highest BCUT2D eigenvalue weighted by Gasteiger charge is 2.47. The van der Waals surface area contributed by atoms with Gasteiger partial charge in [-0.1, -0.05) is 20.8 Å². The second-order valence-electron chi connectivity index (χ2n) is 6.14. The number of rotatable bonds is 3. The first kappa shape index (κ1) is 10.9. The normalized spacial score (nSPS) is 26.1. The van der Waals surface area contributed by atoms with E-state index in [-0.39, 0.29) is 6.04 Å². The van der Waals surface area contributed by atoms with Crippen LogP contribution in [0.5, 0.6) is 0 Å². The highest BCUT2D eigenvalue weighted by atomic mass is 16.4. The average Bonchev–Trinajstić information content (AvgIpc) is 2.73. The number of aliphatic carboxylic acids is 1. The van der Waals surface area contributed by atoms with Crippen LogP contribution >= 0.6 is 0 Å². The Hall–Kier alpha value is -0.570. The van der Waals surface area contributed by atoms with Crippen molar-refractivity contribution < 1.29 is 9.90 Å². The van der Waals surface area contributed by atoms with Crippen molar-refractivity contribution in [3.05, 3.63) is 0 Å². The van der Waals surface area contributed by atoms with Crippen LogP contribution < -0.4 is 0 Å².